The summed E-state index contributed by atoms with van der Waals surface area (Å²) in [4.78, 5) is 2.18. The Morgan fingerprint density at radius 2 is 1.68 bits per heavy atom. The van der Waals surface area contributed by atoms with Gasteiger partial charge in [0.05, 0.1) is 11.7 Å². The van der Waals surface area contributed by atoms with Crippen molar-refractivity contribution in [2.24, 2.45) is 0 Å². The summed E-state index contributed by atoms with van der Waals surface area (Å²) >= 11 is 0. The predicted molar refractivity (Wildman–Crippen MR) is 96.8 cm³/mol. The normalized spacial score (nSPS) is 18.9. The molecule has 3 nitrogen and oxygen atoms in total. The highest BCUT2D eigenvalue weighted by Crippen LogP contribution is 2.33. The standard InChI is InChI=1S/C21H26FNO2/c1-15-3-4-17(13-16(15)2)20(24)14-23-11-9-21(25,10-12-23)18-5-7-19(22)8-6-18/h3-8,13,20,24-25H,9-12,14H2,1-2H3/t20-/m1/s1. The number of likely N-dealkylation sites (tertiary alicyclic amines) is 1. The molecule has 0 radical (unpaired) electrons. The highest BCUT2D eigenvalue weighted by molar-refractivity contribution is 5.31. The third-order valence-electron chi connectivity index (χ3n) is 5.41. The summed E-state index contributed by atoms with van der Waals surface area (Å²) in [5.74, 6) is -0.290. The Morgan fingerprint density at radius 1 is 1.04 bits per heavy atom. The zero-order chi connectivity index (χ0) is 18.0. The van der Waals surface area contributed by atoms with Gasteiger partial charge in [0.1, 0.15) is 5.82 Å². The summed E-state index contributed by atoms with van der Waals surface area (Å²) in [5, 5.41) is 21.4. The van der Waals surface area contributed by atoms with E-state index in [9.17, 15) is 14.6 Å². The topological polar surface area (TPSA) is 43.7 Å². The largest absolute Gasteiger partial charge is 0.387 e. The van der Waals surface area contributed by atoms with E-state index in [0.717, 1.165) is 11.1 Å². The van der Waals surface area contributed by atoms with E-state index in [-0.39, 0.29) is 5.82 Å². The van der Waals surface area contributed by atoms with Crippen LogP contribution >= 0.6 is 0 Å². The van der Waals surface area contributed by atoms with Crippen molar-refractivity contribution in [2.45, 2.75) is 38.4 Å². The lowest BCUT2D eigenvalue weighted by molar-refractivity contribution is -0.0345. The number of aryl methyl sites for hydroxylation is 2. The molecule has 2 aromatic rings. The maximum Gasteiger partial charge on any atom is 0.123 e. The van der Waals surface area contributed by atoms with E-state index in [0.29, 0.717) is 32.5 Å². The molecule has 1 heterocycles. The quantitative estimate of drug-likeness (QED) is 0.893. The molecule has 0 aliphatic carbocycles. The molecule has 0 bridgehead atoms. The van der Waals surface area contributed by atoms with Crippen LogP contribution in [0.4, 0.5) is 4.39 Å². The summed E-state index contributed by atoms with van der Waals surface area (Å²) < 4.78 is 13.1. The van der Waals surface area contributed by atoms with Crippen LogP contribution in [0, 0.1) is 19.7 Å². The Kier molecular flexibility index (Phi) is 5.23. The molecule has 0 spiro atoms. The third-order valence-corrected chi connectivity index (χ3v) is 5.41. The van der Waals surface area contributed by atoms with Gasteiger partial charge in [-0.05, 0) is 61.1 Å². The summed E-state index contributed by atoms with van der Waals surface area (Å²) in [6.45, 7) is 6.08. The maximum atomic E-state index is 13.1. The number of rotatable bonds is 4. The van der Waals surface area contributed by atoms with E-state index < -0.39 is 11.7 Å². The number of halogens is 1. The molecule has 4 heteroatoms. The first-order chi connectivity index (χ1) is 11.9. The summed E-state index contributed by atoms with van der Waals surface area (Å²) in [6, 6.07) is 12.2. The number of hydrogen-bond acceptors (Lipinski definition) is 3. The monoisotopic (exact) mass is 343 g/mol. The molecule has 1 aliphatic rings. The summed E-state index contributed by atoms with van der Waals surface area (Å²) in [6.07, 6.45) is 0.632. The summed E-state index contributed by atoms with van der Waals surface area (Å²) in [5.41, 5.74) is 3.19. The van der Waals surface area contributed by atoms with Crippen molar-refractivity contribution in [1.29, 1.82) is 0 Å². The minimum Gasteiger partial charge on any atom is -0.387 e. The van der Waals surface area contributed by atoms with Gasteiger partial charge in [-0.25, -0.2) is 4.39 Å². The first-order valence-electron chi connectivity index (χ1n) is 8.83. The Balaban J connectivity index is 1.60. The van der Waals surface area contributed by atoms with Gasteiger partial charge in [0, 0.05) is 19.6 Å². The maximum absolute atomic E-state index is 13.1. The van der Waals surface area contributed by atoms with Crippen LogP contribution in [0.2, 0.25) is 0 Å². The second kappa shape index (κ2) is 7.24. The van der Waals surface area contributed by atoms with Gasteiger partial charge in [0.25, 0.3) is 0 Å². The fourth-order valence-corrected chi connectivity index (χ4v) is 3.48. The number of aliphatic hydroxyl groups excluding tert-OH is 1. The molecule has 1 saturated heterocycles. The van der Waals surface area contributed by atoms with Gasteiger partial charge >= 0.3 is 0 Å². The van der Waals surface area contributed by atoms with E-state index >= 15 is 0 Å². The molecular formula is C21H26FNO2. The van der Waals surface area contributed by atoms with Crippen LogP contribution in [0.1, 0.15) is 41.2 Å². The third kappa shape index (κ3) is 4.09. The number of nitrogens with zero attached hydrogens (tertiary/aromatic N) is 1. The number of β-amino-alcohol motifs (C(OH)–C–C–N with tert-alkyl or cyclic N) is 1. The number of piperidine rings is 1. The number of hydrogen-bond donors (Lipinski definition) is 2. The Bertz CT molecular complexity index is 721. The molecule has 2 aromatic carbocycles. The lowest BCUT2D eigenvalue weighted by Gasteiger charge is -2.39. The van der Waals surface area contributed by atoms with Crippen molar-refractivity contribution >= 4 is 0 Å². The highest BCUT2D eigenvalue weighted by atomic mass is 19.1. The second-order valence-corrected chi connectivity index (χ2v) is 7.20. The van der Waals surface area contributed by atoms with E-state index in [1.165, 1.54) is 23.3 Å². The average Bonchev–Trinajstić information content (AvgIpc) is 2.60. The number of aliphatic hydroxyl groups is 2. The zero-order valence-corrected chi connectivity index (χ0v) is 14.9. The SMILES string of the molecule is Cc1ccc([C@H](O)CN2CCC(O)(c3ccc(F)cc3)CC2)cc1C. The lowest BCUT2D eigenvalue weighted by Crippen LogP contribution is -2.44. The smallest absolute Gasteiger partial charge is 0.123 e. The van der Waals surface area contributed by atoms with Crippen LogP contribution in [0.25, 0.3) is 0 Å². The highest BCUT2D eigenvalue weighted by Gasteiger charge is 2.34. The van der Waals surface area contributed by atoms with Crippen LogP contribution in [-0.4, -0.2) is 34.7 Å². The van der Waals surface area contributed by atoms with Gasteiger partial charge in [-0.1, -0.05) is 30.3 Å². The molecule has 1 fully saturated rings. The van der Waals surface area contributed by atoms with Gasteiger partial charge in [-0.3, -0.25) is 0 Å². The molecule has 0 saturated carbocycles. The first-order valence-corrected chi connectivity index (χ1v) is 8.83. The molecule has 25 heavy (non-hydrogen) atoms. The molecular weight excluding hydrogens is 317 g/mol. The van der Waals surface area contributed by atoms with Crippen molar-refractivity contribution in [2.75, 3.05) is 19.6 Å². The van der Waals surface area contributed by atoms with Crippen LogP contribution in [0.5, 0.6) is 0 Å². The van der Waals surface area contributed by atoms with Gasteiger partial charge < -0.3 is 15.1 Å². The van der Waals surface area contributed by atoms with Gasteiger partial charge in [0.15, 0.2) is 0 Å². The molecule has 134 valence electrons. The molecule has 1 aliphatic heterocycles. The Hall–Kier alpha value is -1.75. The average molecular weight is 343 g/mol. The van der Waals surface area contributed by atoms with Crippen molar-refractivity contribution in [3.05, 3.63) is 70.5 Å². The van der Waals surface area contributed by atoms with Crippen molar-refractivity contribution in [1.82, 2.24) is 4.90 Å². The first kappa shape index (κ1) is 18.1. The summed E-state index contributed by atoms with van der Waals surface area (Å²) in [7, 11) is 0. The predicted octanol–water partition coefficient (Wildman–Crippen LogP) is 3.46. The van der Waals surface area contributed by atoms with Crippen LogP contribution < -0.4 is 0 Å². The van der Waals surface area contributed by atoms with Gasteiger partial charge in [0.2, 0.25) is 0 Å². The number of benzene rings is 2. The molecule has 0 unspecified atom stereocenters. The van der Waals surface area contributed by atoms with Gasteiger partial charge in [-0.2, -0.15) is 0 Å². The minimum absolute atomic E-state index is 0.290. The zero-order valence-electron chi connectivity index (χ0n) is 14.9. The van der Waals surface area contributed by atoms with E-state index in [4.69, 9.17) is 0 Å². The van der Waals surface area contributed by atoms with Crippen molar-refractivity contribution < 1.29 is 14.6 Å². The van der Waals surface area contributed by atoms with Crippen LogP contribution in [0.3, 0.4) is 0 Å². The fraction of sp³-hybridized carbons (Fsp3) is 0.429. The second-order valence-electron chi connectivity index (χ2n) is 7.20. The minimum atomic E-state index is -0.907. The van der Waals surface area contributed by atoms with E-state index in [1.807, 2.05) is 18.2 Å². The van der Waals surface area contributed by atoms with Crippen LogP contribution in [0.15, 0.2) is 42.5 Å². The van der Waals surface area contributed by atoms with E-state index in [1.54, 1.807) is 12.1 Å². The fourth-order valence-electron chi connectivity index (χ4n) is 3.48. The lowest BCUT2D eigenvalue weighted by atomic mass is 9.84. The Labute approximate surface area is 148 Å². The molecule has 0 aromatic heterocycles. The van der Waals surface area contributed by atoms with E-state index in [2.05, 4.69) is 18.7 Å². The van der Waals surface area contributed by atoms with Gasteiger partial charge in [-0.15, -0.1) is 0 Å². The van der Waals surface area contributed by atoms with Crippen molar-refractivity contribution in [3.8, 4) is 0 Å². The molecule has 1 atom stereocenters. The molecule has 0 amide bonds. The van der Waals surface area contributed by atoms with Crippen molar-refractivity contribution in [3.63, 3.8) is 0 Å². The molecule has 3 rings (SSSR count). The Morgan fingerprint density at radius 3 is 2.28 bits per heavy atom. The molecule has 2 N–H and O–H groups in total. The van der Waals surface area contributed by atoms with Crippen LogP contribution in [-0.2, 0) is 5.60 Å².